The molecule has 3 rings (SSSR count). The van der Waals surface area contributed by atoms with Crippen LogP contribution in [0.4, 0.5) is 0 Å². The highest BCUT2D eigenvalue weighted by Gasteiger charge is 2.27. The van der Waals surface area contributed by atoms with Crippen LogP contribution in [0.15, 0.2) is 18.2 Å². The maximum atomic E-state index is 12.4. The minimum atomic E-state index is 0.121. The van der Waals surface area contributed by atoms with Gasteiger partial charge in [0.05, 0.1) is 6.42 Å². The Bertz CT molecular complexity index is 503. The first-order valence-corrected chi connectivity index (χ1v) is 8.32. The molecule has 1 heterocycles. The molecule has 0 N–H and O–H groups in total. The van der Waals surface area contributed by atoms with Crippen molar-refractivity contribution in [1.82, 2.24) is 9.80 Å². The zero-order valence-electron chi connectivity index (χ0n) is 12.0. The fourth-order valence-corrected chi connectivity index (χ4v) is 3.34. The monoisotopic (exact) mass is 326 g/mol. The molecule has 2 fully saturated rings. The van der Waals surface area contributed by atoms with Gasteiger partial charge in [-0.15, -0.1) is 0 Å². The summed E-state index contributed by atoms with van der Waals surface area (Å²) < 4.78 is 0. The molecule has 1 amide bonds. The lowest BCUT2D eigenvalue weighted by Gasteiger charge is -2.35. The van der Waals surface area contributed by atoms with Crippen molar-refractivity contribution in [2.75, 3.05) is 32.7 Å². The molecule has 0 radical (unpaired) electrons. The van der Waals surface area contributed by atoms with E-state index in [4.69, 9.17) is 23.2 Å². The molecule has 2 aliphatic rings. The van der Waals surface area contributed by atoms with Gasteiger partial charge in [0.25, 0.3) is 0 Å². The molecule has 1 aliphatic carbocycles. The number of halogens is 2. The molecule has 0 spiro atoms. The third kappa shape index (κ3) is 3.91. The quantitative estimate of drug-likeness (QED) is 0.848. The summed E-state index contributed by atoms with van der Waals surface area (Å²) >= 11 is 12.3. The Hall–Kier alpha value is -0.770. The standard InChI is InChI=1S/C16H20Cl2N2O/c17-14-2-1-3-15(18)13(14)10-16(21)20-8-6-19(7-9-20)11-12-4-5-12/h1-3,12H,4-11H2. The predicted molar refractivity (Wildman–Crippen MR) is 85.9 cm³/mol. The summed E-state index contributed by atoms with van der Waals surface area (Å²) in [6.07, 6.45) is 3.05. The number of carbonyl (C=O) groups excluding carboxylic acids is 1. The molecule has 21 heavy (non-hydrogen) atoms. The van der Waals surface area contributed by atoms with Crippen LogP contribution < -0.4 is 0 Å². The van der Waals surface area contributed by atoms with Crippen LogP contribution in [0.1, 0.15) is 18.4 Å². The Morgan fingerprint density at radius 1 is 1.10 bits per heavy atom. The maximum Gasteiger partial charge on any atom is 0.227 e. The fourth-order valence-electron chi connectivity index (χ4n) is 2.81. The van der Waals surface area contributed by atoms with Crippen molar-refractivity contribution in [3.05, 3.63) is 33.8 Å². The van der Waals surface area contributed by atoms with Crippen LogP contribution in [-0.4, -0.2) is 48.4 Å². The van der Waals surface area contributed by atoms with Crippen molar-refractivity contribution in [2.45, 2.75) is 19.3 Å². The van der Waals surface area contributed by atoms with Gasteiger partial charge in [0.2, 0.25) is 5.91 Å². The zero-order valence-corrected chi connectivity index (χ0v) is 13.5. The Morgan fingerprint density at radius 3 is 2.29 bits per heavy atom. The summed E-state index contributed by atoms with van der Waals surface area (Å²) in [6.45, 7) is 4.80. The Balaban J connectivity index is 1.54. The number of nitrogens with zero attached hydrogens (tertiary/aromatic N) is 2. The number of benzene rings is 1. The summed E-state index contributed by atoms with van der Waals surface area (Å²) in [5.74, 6) is 1.03. The molecule has 0 bridgehead atoms. The van der Waals surface area contributed by atoms with Crippen molar-refractivity contribution >= 4 is 29.1 Å². The van der Waals surface area contributed by atoms with Crippen molar-refractivity contribution in [1.29, 1.82) is 0 Å². The second-order valence-corrected chi connectivity index (χ2v) is 6.82. The van der Waals surface area contributed by atoms with Crippen LogP contribution in [0.5, 0.6) is 0 Å². The summed E-state index contributed by atoms with van der Waals surface area (Å²) in [4.78, 5) is 16.8. The van der Waals surface area contributed by atoms with Crippen LogP contribution in [0.3, 0.4) is 0 Å². The van der Waals surface area contributed by atoms with Gasteiger partial charge in [0, 0.05) is 42.8 Å². The molecule has 1 saturated carbocycles. The van der Waals surface area contributed by atoms with Gasteiger partial charge in [-0.1, -0.05) is 29.3 Å². The average molecular weight is 327 g/mol. The first-order chi connectivity index (χ1) is 10.1. The van der Waals surface area contributed by atoms with Crippen LogP contribution >= 0.6 is 23.2 Å². The molecule has 1 aromatic rings. The molecule has 0 aromatic heterocycles. The first kappa shape index (κ1) is 15.1. The van der Waals surface area contributed by atoms with Gasteiger partial charge in [0.1, 0.15) is 0 Å². The van der Waals surface area contributed by atoms with Gasteiger partial charge < -0.3 is 4.90 Å². The lowest BCUT2D eigenvalue weighted by Crippen LogP contribution is -2.49. The molecule has 114 valence electrons. The number of hydrogen-bond donors (Lipinski definition) is 0. The topological polar surface area (TPSA) is 23.6 Å². The van der Waals surface area contributed by atoms with E-state index < -0.39 is 0 Å². The van der Waals surface area contributed by atoms with Gasteiger partial charge >= 0.3 is 0 Å². The van der Waals surface area contributed by atoms with Crippen molar-refractivity contribution in [3.8, 4) is 0 Å². The van der Waals surface area contributed by atoms with Gasteiger partial charge in [-0.25, -0.2) is 0 Å². The van der Waals surface area contributed by atoms with Crippen molar-refractivity contribution in [2.24, 2.45) is 5.92 Å². The van der Waals surface area contributed by atoms with Crippen LogP contribution in [0.2, 0.25) is 10.0 Å². The molecule has 0 atom stereocenters. The van der Waals surface area contributed by atoms with E-state index in [9.17, 15) is 4.79 Å². The minimum Gasteiger partial charge on any atom is -0.340 e. The maximum absolute atomic E-state index is 12.4. The summed E-state index contributed by atoms with van der Waals surface area (Å²) in [5.41, 5.74) is 0.742. The number of amides is 1. The number of rotatable bonds is 4. The lowest BCUT2D eigenvalue weighted by molar-refractivity contribution is -0.132. The lowest BCUT2D eigenvalue weighted by atomic mass is 10.1. The normalized spacial score (nSPS) is 19.8. The molecule has 0 unspecified atom stereocenters. The Labute approximate surface area is 135 Å². The molecule has 5 heteroatoms. The van der Waals surface area contributed by atoms with Crippen LogP contribution in [0, 0.1) is 5.92 Å². The van der Waals surface area contributed by atoms with Gasteiger partial charge in [0.15, 0.2) is 0 Å². The summed E-state index contributed by atoms with van der Waals surface area (Å²) in [5, 5.41) is 1.14. The first-order valence-electron chi connectivity index (χ1n) is 7.56. The van der Waals surface area contributed by atoms with E-state index in [2.05, 4.69) is 4.90 Å². The van der Waals surface area contributed by atoms with Gasteiger partial charge in [-0.3, -0.25) is 9.69 Å². The molecule has 1 aliphatic heterocycles. The second kappa shape index (κ2) is 6.55. The van der Waals surface area contributed by atoms with Crippen LogP contribution in [-0.2, 0) is 11.2 Å². The second-order valence-electron chi connectivity index (χ2n) is 6.00. The smallest absolute Gasteiger partial charge is 0.227 e. The Morgan fingerprint density at radius 2 is 1.71 bits per heavy atom. The van der Waals surface area contributed by atoms with E-state index >= 15 is 0 Å². The van der Waals surface area contributed by atoms with Gasteiger partial charge in [-0.2, -0.15) is 0 Å². The van der Waals surface area contributed by atoms with E-state index in [0.717, 1.165) is 37.7 Å². The third-order valence-electron chi connectivity index (χ3n) is 4.33. The predicted octanol–water partition coefficient (Wildman–Crippen LogP) is 3.09. The third-order valence-corrected chi connectivity index (χ3v) is 5.04. The average Bonchev–Trinajstić information content (AvgIpc) is 3.28. The van der Waals surface area contributed by atoms with Crippen molar-refractivity contribution in [3.63, 3.8) is 0 Å². The Kier molecular flexibility index (Phi) is 4.72. The SMILES string of the molecule is O=C(Cc1c(Cl)cccc1Cl)N1CCN(CC2CC2)CC1. The van der Waals surface area contributed by atoms with E-state index in [1.54, 1.807) is 18.2 Å². The molecule has 1 saturated heterocycles. The highest BCUT2D eigenvalue weighted by molar-refractivity contribution is 6.36. The van der Waals surface area contributed by atoms with E-state index in [0.29, 0.717) is 16.5 Å². The highest BCUT2D eigenvalue weighted by atomic mass is 35.5. The number of piperazine rings is 1. The van der Waals surface area contributed by atoms with E-state index in [-0.39, 0.29) is 5.91 Å². The molecule has 3 nitrogen and oxygen atoms in total. The molecular formula is C16H20Cl2N2O. The molecule has 1 aromatic carbocycles. The summed E-state index contributed by atoms with van der Waals surface area (Å²) in [7, 11) is 0. The van der Waals surface area contributed by atoms with Crippen molar-refractivity contribution < 1.29 is 4.79 Å². The van der Waals surface area contributed by atoms with E-state index in [1.165, 1.54) is 19.4 Å². The fraction of sp³-hybridized carbons (Fsp3) is 0.562. The minimum absolute atomic E-state index is 0.121. The van der Waals surface area contributed by atoms with Gasteiger partial charge in [-0.05, 0) is 36.5 Å². The van der Waals surface area contributed by atoms with E-state index in [1.807, 2.05) is 4.90 Å². The number of hydrogen-bond acceptors (Lipinski definition) is 2. The highest BCUT2D eigenvalue weighted by Crippen LogP contribution is 2.30. The largest absolute Gasteiger partial charge is 0.340 e. The molecular weight excluding hydrogens is 307 g/mol. The van der Waals surface area contributed by atoms with Crippen LogP contribution in [0.25, 0.3) is 0 Å². The zero-order chi connectivity index (χ0) is 14.8. The number of carbonyl (C=O) groups is 1. The summed E-state index contributed by atoms with van der Waals surface area (Å²) in [6, 6.07) is 5.36.